The van der Waals surface area contributed by atoms with Crippen molar-refractivity contribution in [2.45, 2.75) is 45.8 Å². The van der Waals surface area contributed by atoms with Gasteiger partial charge in [0.15, 0.2) is 5.96 Å². The first-order chi connectivity index (χ1) is 15.6. The van der Waals surface area contributed by atoms with Gasteiger partial charge in [-0.3, -0.25) is 9.89 Å². The standard InChI is InChI=1S/C26H33N5O/c1-19-7-9-22(10-8-19)25-29-24(18-32-25)16-28-26(27-3)30-23-11-13-31(14-12-23)17-21-6-4-5-20(2)15-21/h4-10,15,18,23H,11-14,16-17H2,1-3H3,(H2,27,28,30). The summed E-state index contributed by atoms with van der Waals surface area (Å²) in [6.07, 6.45) is 3.92. The number of piperidine rings is 1. The number of aromatic nitrogens is 1. The smallest absolute Gasteiger partial charge is 0.226 e. The minimum atomic E-state index is 0.426. The van der Waals surface area contributed by atoms with Gasteiger partial charge < -0.3 is 15.1 Å². The normalized spacial score (nSPS) is 15.7. The third-order valence-corrected chi connectivity index (χ3v) is 5.93. The van der Waals surface area contributed by atoms with Crippen molar-refractivity contribution in [1.29, 1.82) is 0 Å². The van der Waals surface area contributed by atoms with E-state index in [1.165, 1.54) is 16.7 Å². The Labute approximate surface area is 190 Å². The predicted molar refractivity (Wildman–Crippen MR) is 129 cm³/mol. The van der Waals surface area contributed by atoms with Crippen LogP contribution in [0.3, 0.4) is 0 Å². The monoisotopic (exact) mass is 431 g/mol. The van der Waals surface area contributed by atoms with Crippen molar-refractivity contribution in [3.05, 3.63) is 77.2 Å². The molecule has 1 fully saturated rings. The number of hydrogen-bond donors (Lipinski definition) is 2. The van der Waals surface area contributed by atoms with Crippen LogP contribution in [-0.2, 0) is 13.1 Å². The summed E-state index contributed by atoms with van der Waals surface area (Å²) >= 11 is 0. The van der Waals surface area contributed by atoms with E-state index in [-0.39, 0.29) is 0 Å². The van der Waals surface area contributed by atoms with Crippen molar-refractivity contribution in [3.8, 4) is 11.5 Å². The second-order valence-corrected chi connectivity index (χ2v) is 8.62. The molecule has 0 unspecified atom stereocenters. The third kappa shape index (κ3) is 5.98. The van der Waals surface area contributed by atoms with E-state index in [0.29, 0.717) is 18.5 Å². The number of nitrogens with one attached hydrogen (secondary N) is 2. The van der Waals surface area contributed by atoms with Crippen molar-refractivity contribution in [1.82, 2.24) is 20.5 Å². The van der Waals surface area contributed by atoms with Gasteiger partial charge in [0.05, 0.1) is 12.2 Å². The largest absolute Gasteiger partial charge is 0.444 e. The lowest BCUT2D eigenvalue weighted by atomic mass is 10.0. The third-order valence-electron chi connectivity index (χ3n) is 5.93. The van der Waals surface area contributed by atoms with E-state index in [4.69, 9.17) is 4.42 Å². The van der Waals surface area contributed by atoms with Crippen LogP contribution in [-0.4, -0.2) is 42.0 Å². The molecule has 0 saturated carbocycles. The first kappa shape index (κ1) is 22.1. The van der Waals surface area contributed by atoms with Crippen LogP contribution >= 0.6 is 0 Å². The Kier molecular flexibility index (Phi) is 7.22. The molecule has 2 aromatic carbocycles. The summed E-state index contributed by atoms with van der Waals surface area (Å²) in [4.78, 5) is 11.5. The van der Waals surface area contributed by atoms with Gasteiger partial charge >= 0.3 is 0 Å². The summed E-state index contributed by atoms with van der Waals surface area (Å²) in [5.74, 6) is 1.45. The molecule has 0 radical (unpaired) electrons. The van der Waals surface area contributed by atoms with Crippen molar-refractivity contribution >= 4 is 5.96 Å². The van der Waals surface area contributed by atoms with Crippen molar-refractivity contribution in [2.24, 2.45) is 4.99 Å². The van der Waals surface area contributed by atoms with Gasteiger partial charge in [0, 0.05) is 38.3 Å². The molecule has 6 nitrogen and oxygen atoms in total. The molecule has 0 atom stereocenters. The minimum absolute atomic E-state index is 0.426. The molecular weight excluding hydrogens is 398 g/mol. The number of oxazole rings is 1. The topological polar surface area (TPSA) is 65.7 Å². The maximum atomic E-state index is 5.66. The second-order valence-electron chi connectivity index (χ2n) is 8.62. The molecule has 168 valence electrons. The molecule has 0 amide bonds. The van der Waals surface area contributed by atoms with Gasteiger partial charge in [-0.25, -0.2) is 4.98 Å². The summed E-state index contributed by atoms with van der Waals surface area (Å²) < 4.78 is 5.66. The van der Waals surface area contributed by atoms with E-state index < -0.39 is 0 Å². The summed E-state index contributed by atoms with van der Waals surface area (Å²) in [6.45, 7) is 8.00. The fourth-order valence-electron chi connectivity index (χ4n) is 4.08. The molecule has 1 aliphatic rings. The maximum absolute atomic E-state index is 5.66. The Hall–Kier alpha value is -3.12. The zero-order valence-electron chi connectivity index (χ0n) is 19.3. The maximum Gasteiger partial charge on any atom is 0.226 e. The highest BCUT2D eigenvalue weighted by Gasteiger charge is 2.20. The minimum Gasteiger partial charge on any atom is -0.444 e. The Morgan fingerprint density at radius 3 is 2.59 bits per heavy atom. The molecule has 32 heavy (non-hydrogen) atoms. The molecule has 2 N–H and O–H groups in total. The van der Waals surface area contributed by atoms with Crippen molar-refractivity contribution in [3.63, 3.8) is 0 Å². The van der Waals surface area contributed by atoms with E-state index in [9.17, 15) is 0 Å². The Balaban J connectivity index is 1.23. The zero-order chi connectivity index (χ0) is 22.3. The first-order valence-electron chi connectivity index (χ1n) is 11.4. The molecule has 4 rings (SSSR count). The highest BCUT2D eigenvalue weighted by atomic mass is 16.3. The Bertz CT molecular complexity index is 1030. The van der Waals surface area contributed by atoms with Crippen LogP contribution < -0.4 is 10.6 Å². The van der Waals surface area contributed by atoms with Crippen LogP contribution in [0.4, 0.5) is 0 Å². The number of aryl methyl sites for hydroxylation is 2. The number of rotatable bonds is 6. The van der Waals surface area contributed by atoms with E-state index in [1.807, 2.05) is 19.2 Å². The van der Waals surface area contributed by atoms with Gasteiger partial charge in [-0.2, -0.15) is 0 Å². The molecule has 1 saturated heterocycles. The molecule has 0 aliphatic carbocycles. The predicted octanol–water partition coefficient (Wildman–Crippen LogP) is 4.29. The van der Waals surface area contributed by atoms with E-state index in [0.717, 1.165) is 49.7 Å². The molecule has 6 heteroatoms. The average Bonchev–Trinajstić information content (AvgIpc) is 3.27. The molecule has 1 aromatic heterocycles. The zero-order valence-corrected chi connectivity index (χ0v) is 19.3. The van der Waals surface area contributed by atoms with Crippen LogP contribution in [0.15, 0.2) is 64.2 Å². The van der Waals surface area contributed by atoms with Gasteiger partial charge in [0.2, 0.25) is 5.89 Å². The number of guanidine groups is 1. The molecule has 0 bridgehead atoms. The van der Waals surface area contributed by atoms with Crippen LogP contribution in [0.5, 0.6) is 0 Å². The number of likely N-dealkylation sites (tertiary alicyclic amines) is 1. The van der Waals surface area contributed by atoms with Crippen molar-refractivity contribution in [2.75, 3.05) is 20.1 Å². The SMILES string of the molecule is CN=C(NCc1coc(-c2ccc(C)cc2)n1)NC1CCN(Cc2cccc(C)c2)CC1. The quantitative estimate of drug-likeness (QED) is 0.450. The second kappa shape index (κ2) is 10.5. The van der Waals surface area contributed by atoms with E-state index >= 15 is 0 Å². The van der Waals surface area contributed by atoms with Gasteiger partial charge in [-0.1, -0.05) is 47.5 Å². The molecule has 2 heterocycles. The van der Waals surface area contributed by atoms with E-state index in [2.05, 4.69) is 75.8 Å². The van der Waals surface area contributed by atoms with Gasteiger partial charge in [0.25, 0.3) is 0 Å². The molecule has 3 aromatic rings. The van der Waals surface area contributed by atoms with Gasteiger partial charge in [-0.15, -0.1) is 0 Å². The Morgan fingerprint density at radius 1 is 1.09 bits per heavy atom. The fourth-order valence-corrected chi connectivity index (χ4v) is 4.08. The first-order valence-corrected chi connectivity index (χ1v) is 11.4. The molecule has 1 aliphatic heterocycles. The highest BCUT2D eigenvalue weighted by molar-refractivity contribution is 5.79. The van der Waals surface area contributed by atoms with Crippen LogP contribution in [0.2, 0.25) is 0 Å². The lowest BCUT2D eigenvalue weighted by molar-refractivity contribution is 0.198. The number of hydrogen-bond acceptors (Lipinski definition) is 4. The lowest BCUT2D eigenvalue weighted by Gasteiger charge is -2.33. The van der Waals surface area contributed by atoms with Crippen LogP contribution in [0.1, 0.15) is 35.2 Å². The van der Waals surface area contributed by atoms with Gasteiger partial charge in [0.1, 0.15) is 6.26 Å². The summed E-state index contributed by atoms with van der Waals surface area (Å²) in [5, 5.41) is 6.93. The highest BCUT2D eigenvalue weighted by Crippen LogP contribution is 2.19. The van der Waals surface area contributed by atoms with Gasteiger partial charge in [-0.05, 0) is 44.4 Å². The fraction of sp³-hybridized carbons (Fsp3) is 0.385. The molecular formula is C26H33N5O. The molecule has 0 spiro atoms. The summed E-state index contributed by atoms with van der Waals surface area (Å²) in [5.41, 5.74) is 5.79. The summed E-state index contributed by atoms with van der Waals surface area (Å²) in [6, 6.07) is 17.4. The lowest BCUT2D eigenvalue weighted by Crippen LogP contribution is -2.48. The summed E-state index contributed by atoms with van der Waals surface area (Å²) in [7, 11) is 1.81. The van der Waals surface area contributed by atoms with Crippen LogP contribution in [0, 0.1) is 13.8 Å². The number of benzene rings is 2. The Morgan fingerprint density at radius 2 is 1.88 bits per heavy atom. The average molecular weight is 432 g/mol. The number of aliphatic imine (C=N–C) groups is 1. The van der Waals surface area contributed by atoms with Crippen LogP contribution in [0.25, 0.3) is 11.5 Å². The van der Waals surface area contributed by atoms with Crippen molar-refractivity contribution < 1.29 is 4.42 Å². The number of nitrogens with zero attached hydrogens (tertiary/aromatic N) is 3. The van der Waals surface area contributed by atoms with E-state index in [1.54, 1.807) is 6.26 Å².